The van der Waals surface area contributed by atoms with Crippen molar-refractivity contribution in [2.45, 2.75) is 0 Å². The SMILES string of the molecule is O=[N+]([O-])c1ccc(-c2cccs2)c2ccccc12. The number of thiophene rings is 1. The fourth-order valence-corrected chi connectivity index (χ4v) is 2.85. The normalized spacial score (nSPS) is 10.7. The van der Waals surface area contributed by atoms with Crippen molar-refractivity contribution < 1.29 is 4.92 Å². The smallest absolute Gasteiger partial charge is 0.258 e. The molecule has 0 saturated carbocycles. The fourth-order valence-electron chi connectivity index (χ4n) is 2.09. The van der Waals surface area contributed by atoms with Crippen molar-refractivity contribution >= 4 is 27.8 Å². The molecule has 3 aromatic rings. The van der Waals surface area contributed by atoms with Crippen LogP contribution in [0.5, 0.6) is 0 Å². The molecule has 1 aromatic heterocycles. The van der Waals surface area contributed by atoms with Gasteiger partial charge in [0.25, 0.3) is 5.69 Å². The van der Waals surface area contributed by atoms with Crippen molar-refractivity contribution in [2.24, 2.45) is 0 Å². The largest absolute Gasteiger partial charge is 0.277 e. The molecule has 0 saturated heterocycles. The second kappa shape index (κ2) is 4.23. The van der Waals surface area contributed by atoms with E-state index in [-0.39, 0.29) is 10.6 Å². The van der Waals surface area contributed by atoms with Crippen LogP contribution in [-0.2, 0) is 0 Å². The van der Waals surface area contributed by atoms with E-state index in [9.17, 15) is 10.1 Å². The van der Waals surface area contributed by atoms with E-state index in [1.807, 2.05) is 41.8 Å². The monoisotopic (exact) mass is 255 g/mol. The van der Waals surface area contributed by atoms with Gasteiger partial charge in [-0.1, -0.05) is 24.3 Å². The molecule has 0 fully saturated rings. The molecule has 0 spiro atoms. The molecule has 88 valence electrons. The van der Waals surface area contributed by atoms with Gasteiger partial charge in [0, 0.05) is 10.9 Å². The molecular formula is C14H9NO2S. The molecule has 0 aliphatic rings. The average Bonchev–Trinajstić information content (AvgIpc) is 2.91. The maximum atomic E-state index is 11.0. The second-order valence-corrected chi connectivity index (χ2v) is 4.86. The third kappa shape index (κ3) is 1.67. The van der Waals surface area contributed by atoms with Gasteiger partial charge in [0.1, 0.15) is 0 Å². The molecular weight excluding hydrogens is 246 g/mol. The van der Waals surface area contributed by atoms with E-state index < -0.39 is 0 Å². The Bertz CT molecular complexity index is 720. The van der Waals surface area contributed by atoms with Crippen LogP contribution in [-0.4, -0.2) is 4.92 Å². The van der Waals surface area contributed by atoms with E-state index in [4.69, 9.17) is 0 Å². The molecule has 0 unspecified atom stereocenters. The summed E-state index contributed by atoms with van der Waals surface area (Å²) in [5, 5.41) is 14.6. The van der Waals surface area contributed by atoms with Gasteiger partial charge in [-0.3, -0.25) is 10.1 Å². The minimum Gasteiger partial charge on any atom is -0.258 e. The van der Waals surface area contributed by atoms with E-state index in [0.29, 0.717) is 5.39 Å². The van der Waals surface area contributed by atoms with Crippen molar-refractivity contribution in [2.75, 3.05) is 0 Å². The Balaban J connectivity index is 2.37. The van der Waals surface area contributed by atoms with Gasteiger partial charge < -0.3 is 0 Å². The number of nitro groups is 1. The molecule has 0 aliphatic carbocycles. The molecule has 0 atom stereocenters. The number of hydrogen-bond donors (Lipinski definition) is 0. The van der Waals surface area contributed by atoms with Crippen LogP contribution in [0, 0.1) is 10.1 Å². The lowest BCUT2D eigenvalue weighted by Crippen LogP contribution is -1.90. The first-order chi connectivity index (χ1) is 8.77. The third-order valence-corrected chi connectivity index (χ3v) is 3.79. The highest BCUT2D eigenvalue weighted by atomic mass is 32.1. The first-order valence-electron chi connectivity index (χ1n) is 5.47. The summed E-state index contributed by atoms with van der Waals surface area (Å²) in [6.07, 6.45) is 0. The van der Waals surface area contributed by atoms with Crippen molar-refractivity contribution in [1.82, 2.24) is 0 Å². The summed E-state index contributed by atoms with van der Waals surface area (Å²) in [5.74, 6) is 0. The summed E-state index contributed by atoms with van der Waals surface area (Å²) in [7, 11) is 0. The lowest BCUT2D eigenvalue weighted by molar-refractivity contribution is -0.383. The van der Waals surface area contributed by atoms with E-state index in [1.54, 1.807) is 23.5 Å². The number of nitro benzene ring substituents is 1. The van der Waals surface area contributed by atoms with Crippen LogP contribution < -0.4 is 0 Å². The van der Waals surface area contributed by atoms with Crippen LogP contribution in [0.2, 0.25) is 0 Å². The van der Waals surface area contributed by atoms with Gasteiger partial charge in [-0.25, -0.2) is 0 Å². The quantitative estimate of drug-likeness (QED) is 0.500. The number of nitrogens with zero attached hydrogens (tertiary/aromatic N) is 1. The highest BCUT2D eigenvalue weighted by Crippen LogP contribution is 2.35. The number of benzene rings is 2. The van der Waals surface area contributed by atoms with Crippen LogP contribution >= 0.6 is 11.3 Å². The lowest BCUT2D eigenvalue weighted by Gasteiger charge is -2.05. The second-order valence-electron chi connectivity index (χ2n) is 3.91. The summed E-state index contributed by atoms with van der Waals surface area (Å²) in [6, 6.07) is 14.9. The first kappa shape index (κ1) is 10.9. The Morgan fingerprint density at radius 3 is 2.39 bits per heavy atom. The van der Waals surface area contributed by atoms with E-state index in [1.165, 1.54) is 0 Å². The Morgan fingerprint density at radius 1 is 0.944 bits per heavy atom. The lowest BCUT2D eigenvalue weighted by atomic mass is 10.0. The van der Waals surface area contributed by atoms with Crippen LogP contribution in [0.4, 0.5) is 5.69 Å². The van der Waals surface area contributed by atoms with Crippen molar-refractivity contribution in [3.63, 3.8) is 0 Å². The molecule has 0 bridgehead atoms. The number of rotatable bonds is 2. The Kier molecular flexibility index (Phi) is 2.57. The van der Waals surface area contributed by atoms with Crippen LogP contribution in [0.15, 0.2) is 53.9 Å². The molecule has 0 amide bonds. The molecule has 0 aliphatic heterocycles. The van der Waals surface area contributed by atoms with Gasteiger partial charge >= 0.3 is 0 Å². The zero-order valence-electron chi connectivity index (χ0n) is 9.37. The van der Waals surface area contributed by atoms with Crippen LogP contribution in [0.3, 0.4) is 0 Å². The Hall–Kier alpha value is -2.20. The maximum Gasteiger partial charge on any atom is 0.277 e. The Labute approximate surface area is 107 Å². The summed E-state index contributed by atoms with van der Waals surface area (Å²) >= 11 is 1.64. The topological polar surface area (TPSA) is 43.1 Å². The zero-order valence-corrected chi connectivity index (χ0v) is 10.2. The van der Waals surface area contributed by atoms with Gasteiger partial charge in [0.05, 0.1) is 10.3 Å². The zero-order chi connectivity index (χ0) is 12.5. The minimum atomic E-state index is -0.333. The van der Waals surface area contributed by atoms with E-state index in [2.05, 4.69) is 0 Å². The summed E-state index contributed by atoms with van der Waals surface area (Å²) < 4.78 is 0. The van der Waals surface area contributed by atoms with Gasteiger partial charge in [-0.05, 0) is 34.5 Å². The average molecular weight is 255 g/mol. The van der Waals surface area contributed by atoms with Gasteiger partial charge in [-0.2, -0.15) is 0 Å². The number of non-ortho nitro benzene ring substituents is 1. The third-order valence-electron chi connectivity index (χ3n) is 2.88. The van der Waals surface area contributed by atoms with Gasteiger partial charge in [0.15, 0.2) is 0 Å². The highest BCUT2D eigenvalue weighted by Gasteiger charge is 2.14. The summed E-state index contributed by atoms with van der Waals surface area (Å²) in [6.45, 7) is 0. The molecule has 1 heterocycles. The minimum absolute atomic E-state index is 0.158. The van der Waals surface area contributed by atoms with E-state index in [0.717, 1.165) is 15.8 Å². The molecule has 0 radical (unpaired) electrons. The highest BCUT2D eigenvalue weighted by molar-refractivity contribution is 7.13. The standard InChI is InChI=1S/C14H9NO2S/c16-15(17)13-8-7-12(14-6-3-9-18-14)10-4-1-2-5-11(10)13/h1-9H. The van der Waals surface area contributed by atoms with Gasteiger partial charge in [-0.15, -0.1) is 11.3 Å². The fraction of sp³-hybridized carbons (Fsp3) is 0. The molecule has 4 heteroatoms. The van der Waals surface area contributed by atoms with Crippen LogP contribution in [0.25, 0.3) is 21.2 Å². The Morgan fingerprint density at radius 2 is 1.72 bits per heavy atom. The molecule has 18 heavy (non-hydrogen) atoms. The van der Waals surface area contributed by atoms with Crippen LogP contribution in [0.1, 0.15) is 0 Å². The number of fused-ring (bicyclic) bond motifs is 1. The molecule has 3 rings (SSSR count). The maximum absolute atomic E-state index is 11.0. The van der Waals surface area contributed by atoms with Crippen molar-refractivity contribution in [3.05, 3.63) is 64.0 Å². The van der Waals surface area contributed by atoms with Crippen molar-refractivity contribution in [3.8, 4) is 10.4 Å². The van der Waals surface area contributed by atoms with E-state index >= 15 is 0 Å². The summed E-state index contributed by atoms with van der Waals surface area (Å²) in [4.78, 5) is 11.8. The summed E-state index contributed by atoms with van der Waals surface area (Å²) in [5.41, 5.74) is 1.21. The van der Waals surface area contributed by atoms with Gasteiger partial charge in [0.2, 0.25) is 0 Å². The predicted octanol–water partition coefficient (Wildman–Crippen LogP) is 4.48. The molecule has 3 nitrogen and oxygen atoms in total. The molecule has 2 aromatic carbocycles. The number of hydrogen-bond acceptors (Lipinski definition) is 3. The first-order valence-corrected chi connectivity index (χ1v) is 6.35. The van der Waals surface area contributed by atoms with Crippen molar-refractivity contribution in [1.29, 1.82) is 0 Å². The molecule has 0 N–H and O–H groups in total. The predicted molar refractivity (Wildman–Crippen MR) is 73.9 cm³/mol.